The summed E-state index contributed by atoms with van der Waals surface area (Å²) in [5.41, 5.74) is -0.233. The first-order chi connectivity index (χ1) is 19.7. The zero-order chi connectivity index (χ0) is 30.3. The molecule has 3 heterocycles. The number of amides is 1. The van der Waals surface area contributed by atoms with Gasteiger partial charge in [0.2, 0.25) is 15.8 Å². The van der Waals surface area contributed by atoms with E-state index >= 15 is 0 Å². The first-order valence-electron chi connectivity index (χ1n) is 13.6. The van der Waals surface area contributed by atoms with Gasteiger partial charge in [-0.2, -0.15) is 13.2 Å². The summed E-state index contributed by atoms with van der Waals surface area (Å²) in [4.78, 5) is 23.9. The monoisotopic (exact) mass is 618 g/mol. The number of alkyl halides is 5. The van der Waals surface area contributed by atoms with Crippen molar-refractivity contribution >= 4 is 38.8 Å². The molecule has 42 heavy (non-hydrogen) atoms. The molecule has 230 valence electrons. The SMILES string of the molecule is O=C(Nc1ccc(NS(=O)(=O)CCO)cc1N1CCC2(CC1)CC2)c1nc(N2CCC(F)(F)CC2)cc(C(F)(F)F)n1. The molecule has 1 amide bonds. The molecule has 1 aromatic heterocycles. The Morgan fingerprint density at radius 3 is 2.19 bits per heavy atom. The lowest BCUT2D eigenvalue weighted by molar-refractivity contribution is -0.141. The van der Waals surface area contributed by atoms with Crippen LogP contribution in [0.3, 0.4) is 0 Å². The van der Waals surface area contributed by atoms with Crippen LogP contribution in [0.25, 0.3) is 0 Å². The van der Waals surface area contributed by atoms with E-state index in [1.54, 1.807) is 0 Å². The van der Waals surface area contributed by atoms with E-state index in [0.29, 0.717) is 30.3 Å². The predicted octanol–water partition coefficient (Wildman–Crippen LogP) is 4.10. The van der Waals surface area contributed by atoms with Gasteiger partial charge in [-0.1, -0.05) is 0 Å². The number of sulfonamides is 1. The van der Waals surface area contributed by atoms with Crippen LogP contribution in [0.15, 0.2) is 24.3 Å². The van der Waals surface area contributed by atoms with Crippen LogP contribution < -0.4 is 19.8 Å². The van der Waals surface area contributed by atoms with Crippen molar-refractivity contribution in [2.24, 2.45) is 5.41 Å². The molecule has 0 radical (unpaired) electrons. The predicted molar refractivity (Wildman–Crippen MR) is 145 cm³/mol. The molecule has 10 nitrogen and oxygen atoms in total. The lowest BCUT2D eigenvalue weighted by atomic mass is 9.93. The third-order valence-electron chi connectivity index (χ3n) is 8.03. The van der Waals surface area contributed by atoms with Gasteiger partial charge >= 0.3 is 6.18 Å². The second kappa shape index (κ2) is 11.1. The van der Waals surface area contributed by atoms with Crippen molar-refractivity contribution in [2.45, 2.75) is 50.6 Å². The highest BCUT2D eigenvalue weighted by Gasteiger charge is 2.44. The molecule has 5 rings (SSSR count). The molecular formula is C26H31F5N6O4S. The van der Waals surface area contributed by atoms with Gasteiger partial charge in [-0.25, -0.2) is 27.2 Å². The van der Waals surface area contributed by atoms with E-state index in [2.05, 4.69) is 20.0 Å². The molecule has 2 aromatic rings. The number of rotatable bonds is 8. The van der Waals surface area contributed by atoms with E-state index < -0.39 is 64.7 Å². The normalized spacial score (nSPS) is 20.0. The second-order valence-electron chi connectivity index (χ2n) is 11.1. The molecule has 1 aliphatic carbocycles. The number of carbonyl (C=O) groups excluding carboxylic acids is 1. The van der Waals surface area contributed by atoms with Crippen molar-refractivity contribution < 1.29 is 40.3 Å². The second-order valence-corrected chi connectivity index (χ2v) is 12.9. The number of nitrogens with zero attached hydrogens (tertiary/aromatic N) is 4. The summed E-state index contributed by atoms with van der Waals surface area (Å²) in [7, 11) is -3.85. The van der Waals surface area contributed by atoms with E-state index in [1.165, 1.54) is 23.1 Å². The van der Waals surface area contributed by atoms with E-state index in [9.17, 15) is 35.2 Å². The molecule has 2 aliphatic heterocycles. The molecule has 3 fully saturated rings. The molecule has 0 unspecified atom stereocenters. The van der Waals surface area contributed by atoms with Crippen molar-refractivity contribution in [3.8, 4) is 0 Å². The van der Waals surface area contributed by atoms with Gasteiger partial charge in [0.25, 0.3) is 11.8 Å². The third-order valence-corrected chi connectivity index (χ3v) is 9.29. The minimum Gasteiger partial charge on any atom is -0.395 e. The van der Waals surface area contributed by atoms with Crippen LogP contribution in [0.4, 0.5) is 44.8 Å². The van der Waals surface area contributed by atoms with E-state index in [4.69, 9.17) is 5.11 Å². The van der Waals surface area contributed by atoms with Crippen molar-refractivity contribution in [3.63, 3.8) is 0 Å². The minimum atomic E-state index is -4.92. The summed E-state index contributed by atoms with van der Waals surface area (Å²) in [6.45, 7) is 0.190. The number of halogens is 5. The van der Waals surface area contributed by atoms with Crippen molar-refractivity contribution in [2.75, 3.05) is 58.4 Å². The maximum absolute atomic E-state index is 13.7. The number of hydrogen-bond acceptors (Lipinski definition) is 8. The summed E-state index contributed by atoms with van der Waals surface area (Å²) < 4.78 is 95.2. The molecule has 1 aromatic carbocycles. The Morgan fingerprint density at radius 2 is 1.60 bits per heavy atom. The van der Waals surface area contributed by atoms with E-state index in [1.807, 2.05) is 4.90 Å². The van der Waals surface area contributed by atoms with Gasteiger partial charge in [0.1, 0.15) is 5.82 Å². The largest absolute Gasteiger partial charge is 0.433 e. The fraction of sp³-hybridized carbons (Fsp3) is 0.577. The summed E-state index contributed by atoms with van der Waals surface area (Å²) in [6.07, 6.45) is -1.97. The van der Waals surface area contributed by atoms with Gasteiger partial charge in [0.15, 0.2) is 5.69 Å². The number of aliphatic hydroxyl groups is 1. The Hall–Kier alpha value is -3.27. The maximum atomic E-state index is 13.7. The number of aromatic nitrogens is 2. The van der Waals surface area contributed by atoms with Crippen LogP contribution >= 0.6 is 0 Å². The molecule has 2 saturated heterocycles. The number of nitrogens with one attached hydrogen (secondary N) is 2. The lowest BCUT2D eigenvalue weighted by Gasteiger charge is -2.35. The lowest BCUT2D eigenvalue weighted by Crippen LogP contribution is -2.40. The van der Waals surface area contributed by atoms with Crippen LogP contribution in [-0.4, -0.2) is 73.9 Å². The van der Waals surface area contributed by atoms with Gasteiger partial charge < -0.3 is 20.2 Å². The number of hydrogen-bond donors (Lipinski definition) is 3. The molecule has 0 atom stereocenters. The standard InChI is InChI=1S/C26H31F5N6O4S/c27-25(28)7-11-37(12-8-25)21-16-20(26(29,30)31)33-22(34-21)23(39)32-18-2-1-17(35-42(40,41)14-13-38)15-19(18)36-9-5-24(3-4-24)6-10-36/h1-2,15-16,35,38H,3-14H2,(H,32,39). The molecule has 3 N–H and O–H groups in total. The Balaban J connectivity index is 1.44. The highest BCUT2D eigenvalue weighted by Crippen LogP contribution is 2.54. The average Bonchev–Trinajstić information content (AvgIpc) is 3.67. The summed E-state index contributed by atoms with van der Waals surface area (Å²) >= 11 is 0. The van der Waals surface area contributed by atoms with Gasteiger partial charge in [-0.3, -0.25) is 9.52 Å². The van der Waals surface area contributed by atoms with Crippen LogP contribution in [0.5, 0.6) is 0 Å². The fourth-order valence-corrected chi connectivity index (χ4v) is 6.12. The van der Waals surface area contributed by atoms with Crippen molar-refractivity contribution in [1.82, 2.24) is 9.97 Å². The average molecular weight is 619 g/mol. The Kier molecular flexibility index (Phi) is 7.98. The highest BCUT2D eigenvalue weighted by atomic mass is 32.2. The zero-order valence-corrected chi connectivity index (χ0v) is 23.4. The summed E-state index contributed by atoms with van der Waals surface area (Å²) in [5.74, 6) is -5.56. The topological polar surface area (TPSA) is 128 Å². The Labute approximate surface area is 239 Å². The molecule has 3 aliphatic rings. The number of anilines is 4. The van der Waals surface area contributed by atoms with Crippen molar-refractivity contribution in [3.05, 3.63) is 35.8 Å². The fourth-order valence-electron chi connectivity index (χ4n) is 5.30. The molecule has 0 bridgehead atoms. The van der Waals surface area contributed by atoms with Crippen LogP contribution in [0.2, 0.25) is 0 Å². The minimum absolute atomic E-state index is 0.183. The Bertz CT molecular complexity index is 1430. The maximum Gasteiger partial charge on any atom is 0.433 e. The number of piperidine rings is 2. The molecular weight excluding hydrogens is 587 g/mol. The quantitative estimate of drug-likeness (QED) is 0.378. The number of carbonyl (C=O) groups is 1. The highest BCUT2D eigenvalue weighted by molar-refractivity contribution is 7.92. The first-order valence-corrected chi connectivity index (χ1v) is 15.2. The first kappa shape index (κ1) is 30.2. The van der Waals surface area contributed by atoms with Crippen LogP contribution in [-0.2, 0) is 16.2 Å². The van der Waals surface area contributed by atoms with Gasteiger partial charge in [-0.05, 0) is 49.3 Å². The number of benzene rings is 1. The van der Waals surface area contributed by atoms with E-state index in [0.717, 1.165) is 25.7 Å². The van der Waals surface area contributed by atoms with Crippen molar-refractivity contribution in [1.29, 1.82) is 0 Å². The Morgan fingerprint density at radius 1 is 0.952 bits per heavy atom. The summed E-state index contributed by atoms with van der Waals surface area (Å²) in [6, 6.07) is 4.96. The van der Waals surface area contributed by atoms with Gasteiger partial charge in [0.05, 0.1) is 29.4 Å². The van der Waals surface area contributed by atoms with Crippen LogP contribution in [0.1, 0.15) is 54.8 Å². The zero-order valence-electron chi connectivity index (χ0n) is 22.6. The molecule has 1 spiro atoms. The smallest absolute Gasteiger partial charge is 0.395 e. The van der Waals surface area contributed by atoms with Gasteiger partial charge in [0, 0.05) is 45.1 Å². The van der Waals surface area contributed by atoms with Gasteiger partial charge in [-0.15, -0.1) is 0 Å². The molecule has 16 heteroatoms. The van der Waals surface area contributed by atoms with E-state index in [-0.39, 0.29) is 30.3 Å². The number of aliphatic hydroxyl groups excluding tert-OH is 1. The molecule has 1 saturated carbocycles. The van der Waals surface area contributed by atoms with Crippen LogP contribution in [0, 0.1) is 5.41 Å². The summed E-state index contributed by atoms with van der Waals surface area (Å²) in [5, 5.41) is 11.6. The third kappa shape index (κ3) is 7.02.